The number of primary amides is 2. The number of hydrogen-bond acceptors (Lipinski definition) is 4. The van der Waals surface area contributed by atoms with E-state index >= 15 is 0 Å². The summed E-state index contributed by atoms with van der Waals surface area (Å²) < 4.78 is 2.17. The van der Waals surface area contributed by atoms with E-state index in [0.717, 1.165) is 5.56 Å². The van der Waals surface area contributed by atoms with Crippen LogP contribution in [0, 0.1) is 15.0 Å². The van der Waals surface area contributed by atoms with E-state index in [-0.39, 0.29) is 5.56 Å². The summed E-state index contributed by atoms with van der Waals surface area (Å²) in [4.78, 5) is 25.3. The van der Waals surface area contributed by atoms with Crippen LogP contribution >= 0.6 is 22.6 Å². The van der Waals surface area contributed by atoms with Crippen LogP contribution in [0.25, 0.3) is 0 Å². The lowest BCUT2D eigenvalue weighted by Gasteiger charge is -2.35. The van der Waals surface area contributed by atoms with Crippen LogP contribution in [-0.2, 0) is 6.54 Å². The summed E-state index contributed by atoms with van der Waals surface area (Å²) in [5, 5.41) is 13.3. The highest BCUT2D eigenvalue weighted by Gasteiger charge is 2.37. The van der Waals surface area contributed by atoms with Crippen LogP contribution in [0.15, 0.2) is 24.3 Å². The molecule has 1 aliphatic heterocycles. The lowest BCUT2D eigenvalue weighted by Crippen LogP contribution is -2.46. The molecule has 3 amide bonds. The Bertz CT molecular complexity index is 867. The Morgan fingerprint density at radius 1 is 1.25 bits per heavy atom. The fourth-order valence-corrected chi connectivity index (χ4v) is 3.72. The second-order valence-corrected chi connectivity index (χ2v) is 6.33. The second kappa shape index (κ2) is 6.12. The molecule has 0 saturated heterocycles. The van der Waals surface area contributed by atoms with Crippen molar-refractivity contribution < 1.29 is 9.59 Å². The zero-order chi connectivity index (χ0) is 17.4. The smallest absolute Gasteiger partial charge is 0.315 e. The van der Waals surface area contributed by atoms with E-state index in [4.69, 9.17) is 16.7 Å². The van der Waals surface area contributed by atoms with E-state index in [9.17, 15) is 9.59 Å². The summed E-state index contributed by atoms with van der Waals surface area (Å²) >= 11 is 1.95. The van der Waals surface area contributed by atoms with Crippen molar-refractivity contribution in [2.45, 2.75) is 12.6 Å². The summed E-state index contributed by atoms with van der Waals surface area (Å²) in [5.41, 5.74) is 13.1. The van der Waals surface area contributed by atoms with E-state index in [1.807, 2.05) is 28.7 Å². The first-order valence-corrected chi connectivity index (χ1v) is 8.14. The summed E-state index contributed by atoms with van der Waals surface area (Å²) in [5.74, 6) is -0.606. The SMILES string of the molecule is N#Cc1ccc(C2c3c(C(N)=O)c(I)nn3CCN2C(N)=O)cc1. The molecule has 4 N–H and O–H groups in total. The normalized spacial score (nSPS) is 16.3. The molecule has 1 aromatic heterocycles. The van der Waals surface area contributed by atoms with Gasteiger partial charge in [0.25, 0.3) is 5.91 Å². The van der Waals surface area contributed by atoms with Crippen LogP contribution in [0.5, 0.6) is 0 Å². The van der Waals surface area contributed by atoms with Crippen LogP contribution in [0.2, 0.25) is 0 Å². The summed E-state index contributed by atoms with van der Waals surface area (Å²) in [7, 11) is 0. The first-order chi connectivity index (χ1) is 11.4. The lowest BCUT2D eigenvalue weighted by atomic mass is 9.96. The molecule has 24 heavy (non-hydrogen) atoms. The van der Waals surface area contributed by atoms with Crippen molar-refractivity contribution in [2.75, 3.05) is 6.54 Å². The van der Waals surface area contributed by atoms with Crippen molar-refractivity contribution in [1.29, 1.82) is 5.26 Å². The van der Waals surface area contributed by atoms with Crippen molar-refractivity contribution in [2.24, 2.45) is 11.5 Å². The fraction of sp³-hybridized carbons (Fsp3) is 0.200. The lowest BCUT2D eigenvalue weighted by molar-refractivity contribution is 0.0994. The Labute approximate surface area is 151 Å². The molecule has 3 rings (SSSR count). The van der Waals surface area contributed by atoms with Gasteiger partial charge in [-0.25, -0.2) is 4.79 Å². The minimum absolute atomic E-state index is 0.288. The van der Waals surface area contributed by atoms with Gasteiger partial charge in [0.05, 0.1) is 29.4 Å². The van der Waals surface area contributed by atoms with Gasteiger partial charge in [-0.1, -0.05) is 12.1 Å². The minimum Gasteiger partial charge on any atom is -0.365 e. The molecule has 1 atom stereocenters. The molecule has 1 aromatic carbocycles. The zero-order valence-electron chi connectivity index (χ0n) is 12.4. The number of nitrogens with two attached hydrogens (primary N) is 2. The molecule has 0 spiro atoms. The van der Waals surface area contributed by atoms with Crippen molar-refractivity contribution in [3.05, 3.63) is 50.4 Å². The standard InChI is InChI=1S/C15H13IN6O2/c16-13-10(14(18)23)12-11(9-3-1-8(7-17)2-4-9)21(15(19)24)5-6-22(12)20-13/h1-4,11H,5-6H2,(H2,18,23)(H2,19,24). The Hall–Kier alpha value is -2.61. The van der Waals surface area contributed by atoms with Crippen molar-refractivity contribution in [3.8, 4) is 6.07 Å². The van der Waals surface area contributed by atoms with E-state index < -0.39 is 18.0 Å². The molecule has 1 unspecified atom stereocenters. The summed E-state index contributed by atoms with van der Waals surface area (Å²) in [6.45, 7) is 0.789. The number of rotatable bonds is 2. The molecule has 0 radical (unpaired) electrons. The van der Waals surface area contributed by atoms with Crippen molar-refractivity contribution >= 4 is 34.5 Å². The van der Waals surface area contributed by atoms with E-state index in [1.54, 1.807) is 28.9 Å². The van der Waals surface area contributed by atoms with Crippen molar-refractivity contribution in [3.63, 3.8) is 0 Å². The number of nitrogens with zero attached hydrogens (tertiary/aromatic N) is 4. The highest BCUT2D eigenvalue weighted by Crippen LogP contribution is 2.35. The van der Waals surface area contributed by atoms with Gasteiger partial charge in [-0.15, -0.1) is 0 Å². The Morgan fingerprint density at radius 3 is 2.46 bits per heavy atom. The van der Waals surface area contributed by atoms with Crippen LogP contribution in [-0.4, -0.2) is 33.2 Å². The third kappa shape index (κ3) is 2.58. The van der Waals surface area contributed by atoms with Gasteiger partial charge in [0.15, 0.2) is 0 Å². The van der Waals surface area contributed by atoms with E-state index in [2.05, 4.69) is 5.10 Å². The number of carbonyl (C=O) groups excluding carboxylic acids is 2. The molecule has 2 heterocycles. The number of hydrogen-bond donors (Lipinski definition) is 2. The number of benzene rings is 1. The molecule has 122 valence electrons. The number of amides is 3. The van der Waals surface area contributed by atoms with Crippen LogP contribution in [0.1, 0.15) is 33.2 Å². The van der Waals surface area contributed by atoms with Gasteiger partial charge >= 0.3 is 6.03 Å². The predicted octanol–water partition coefficient (Wildman–Crippen LogP) is 0.942. The summed E-state index contributed by atoms with van der Waals surface area (Å²) in [6, 6.07) is 7.64. The van der Waals surface area contributed by atoms with Crippen molar-refractivity contribution in [1.82, 2.24) is 14.7 Å². The Balaban J connectivity index is 2.21. The van der Waals surface area contributed by atoms with Gasteiger partial charge in [0, 0.05) is 6.54 Å². The molecule has 8 nitrogen and oxygen atoms in total. The number of carbonyl (C=O) groups is 2. The maximum Gasteiger partial charge on any atom is 0.315 e. The Kier molecular flexibility index (Phi) is 4.15. The van der Waals surface area contributed by atoms with Gasteiger partial charge in [-0.3, -0.25) is 9.48 Å². The first kappa shape index (κ1) is 16.3. The number of aromatic nitrogens is 2. The topological polar surface area (TPSA) is 131 Å². The number of nitriles is 1. The highest BCUT2D eigenvalue weighted by atomic mass is 127. The molecule has 1 aliphatic rings. The maximum atomic E-state index is 11.9. The monoisotopic (exact) mass is 436 g/mol. The number of fused-ring (bicyclic) bond motifs is 1. The maximum absolute atomic E-state index is 11.9. The predicted molar refractivity (Wildman–Crippen MR) is 92.8 cm³/mol. The molecule has 2 aromatic rings. The van der Waals surface area contributed by atoms with Crippen LogP contribution in [0.3, 0.4) is 0 Å². The van der Waals surface area contributed by atoms with Gasteiger partial charge in [-0.2, -0.15) is 10.4 Å². The first-order valence-electron chi connectivity index (χ1n) is 7.06. The van der Waals surface area contributed by atoms with E-state index in [1.165, 1.54) is 4.90 Å². The van der Waals surface area contributed by atoms with E-state index in [0.29, 0.717) is 28.0 Å². The van der Waals surface area contributed by atoms with Gasteiger partial charge < -0.3 is 16.4 Å². The van der Waals surface area contributed by atoms with Gasteiger partial charge in [0.2, 0.25) is 0 Å². The average molecular weight is 436 g/mol. The van der Waals surface area contributed by atoms with Gasteiger partial charge in [0.1, 0.15) is 9.74 Å². The average Bonchev–Trinajstić information content (AvgIpc) is 2.89. The molecule has 9 heteroatoms. The third-order valence-corrected chi connectivity index (χ3v) is 4.71. The quantitative estimate of drug-likeness (QED) is 0.679. The zero-order valence-corrected chi connectivity index (χ0v) is 14.6. The molecular formula is C15H13IN6O2. The third-order valence-electron chi connectivity index (χ3n) is 3.96. The Morgan fingerprint density at radius 2 is 1.92 bits per heavy atom. The molecule has 0 aliphatic carbocycles. The minimum atomic E-state index is -0.606. The molecule has 0 bridgehead atoms. The number of halogens is 1. The second-order valence-electron chi connectivity index (χ2n) is 5.31. The molecule has 0 fully saturated rings. The molecular weight excluding hydrogens is 423 g/mol. The molecule has 0 saturated carbocycles. The van der Waals surface area contributed by atoms with Crippen LogP contribution in [0.4, 0.5) is 4.79 Å². The largest absolute Gasteiger partial charge is 0.365 e. The van der Waals surface area contributed by atoms with Gasteiger partial charge in [-0.05, 0) is 40.3 Å². The number of urea groups is 1. The van der Waals surface area contributed by atoms with Crippen LogP contribution < -0.4 is 11.5 Å². The summed E-state index contributed by atoms with van der Waals surface area (Å²) in [6.07, 6.45) is 0. The fourth-order valence-electron chi connectivity index (χ4n) is 2.92. The highest BCUT2D eigenvalue weighted by molar-refractivity contribution is 14.1.